The standard InChI is InChI=1S/C13H13N3O2/c1-9-5-12(17)16(13(18)15-8-9)11-4-2-3-10(6-11)7-14/h2-4,6,9H,5,8H2,1H3,(H,15,18). The van der Waals surface area contributed by atoms with Crippen molar-refractivity contribution in [1.82, 2.24) is 5.32 Å². The molecule has 1 N–H and O–H groups in total. The Kier molecular flexibility index (Phi) is 3.28. The van der Waals surface area contributed by atoms with Crippen molar-refractivity contribution in [1.29, 1.82) is 5.26 Å². The lowest BCUT2D eigenvalue weighted by Gasteiger charge is -2.18. The molecule has 18 heavy (non-hydrogen) atoms. The normalized spacial score (nSPS) is 20.0. The van der Waals surface area contributed by atoms with Gasteiger partial charge < -0.3 is 5.32 Å². The molecule has 1 aliphatic heterocycles. The summed E-state index contributed by atoms with van der Waals surface area (Å²) in [4.78, 5) is 25.0. The maximum atomic E-state index is 12.0. The molecule has 0 radical (unpaired) electrons. The summed E-state index contributed by atoms with van der Waals surface area (Å²) in [5.41, 5.74) is 0.857. The Morgan fingerprint density at radius 1 is 1.44 bits per heavy atom. The second-order valence-electron chi connectivity index (χ2n) is 4.39. The van der Waals surface area contributed by atoms with E-state index in [9.17, 15) is 9.59 Å². The lowest BCUT2D eigenvalue weighted by molar-refractivity contribution is -0.118. The van der Waals surface area contributed by atoms with Gasteiger partial charge in [-0.1, -0.05) is 13.0 Å². The molecule has 1 atom stereocenters. The maximum absolute atomic E-state index is 12.0. The molecule has 1 aromatic carbocycles. The van der Waals surface area contributed by atoms with E-state index in [2.05, 4.69) is 5.32 Å². The molecule has 0 saturated carbocycles. The van der Waals surface area contributed by atoms with Gasteiger partial charge in [0.25, 0.3) is 0 Å². The van der Waals surface area contributed by atoms with E-state index >= 15 is 0 Å². The van der Waals surface area contributed by atoms with Gasteiger partial charge in [-0.25, -0.2) is 9.69 Å². The number of benzene rings is 1. The third-order valence-electron chi connectivity index (χ3n) is 2.81. The van der Waals surface area contributed by atoms with E-state index < -0.39 is 6.03 Å². The van der Waals surface area contributed by atoms with Crippen LogP contribution in [0.15, 0.2) is 24.3 Å². The first kappa shape index (κ1) is 12.1. The predicted molar refractivity (Wildman–Crippen MR) is 65.8 cm³/mol. The van der Waals surface area contributed by atoms with Crippen LogP contribution < -0.4 is 10.2 Å². The van der Waals surface area contributed by atoms with Crippen LogP contribution in [0.25, 0.3) is 0 Å². The Labute approximate surface area is 105 Å². The molecule has 1 unspecified atom stereocenters. The smallest absolute Gasteiger partial charge is 0.328 e. The van der Waals surface area contributed by atoms with Crippen molar-refractivity contribution in [3.63, 3.8) is 0 Å². The molecule has 0 bridgehead atoms. The zero-order valence-corrected chi connectivity index (χ0v) is 10.0. The highest BCUT2D eigenvalue weighted by Gasteiger charge is 2.28. The molecule has 3 amide bonds. The quantitative estimate of drug-likeness (QED) is 0.814. The number of nitriles is 1. The number of hydrogen-bond donors (Lipinski definition) is 1. The summed E-state index contributed by atoms with van der Waals surface area (Å²) >= 11 is 0. The average Bonchev–Trinajstić information content (AvgIpc) is 2.48. The van der Waals surface area contributed by atoms with E-state index in [1.165, 1.54) is 6.07 Å². The molecule has 1 heterocycles. The molecular formula is C13H13N3O2. The number of urea groups is 1. The Bertz CT molecular complexity index is 533. The Balaban J connectivity index is 2.37. The summed E-state index contributed by atoms with van der Waals surface area (Å²) in [6.45, 7) is 2.40. The Morgan fingerprint density at radius 3 is 2.94 bits per heavy atom. The van der Waals surface area contributed by atoms with Gasteiger partial charge in [-0.15, -0.1) is 0 Å². The van der Waals surface area contributed by atoms with Crippen LogP contribution in [-0.4, -0.2) is 18.5 Å². The van der Waals surface area contributed by atoms with Crippen LogP contribution in [-0.2, 0) is 4.79 Å². The van der Waals surface area contributed by atoms with Crippen LogP contribution in [0.2, 0.25) is 0 Å². The minimum Gasteiger partial charge on any atom is -0.337 e. The molecule has 1 saturated heterocycles. The minimum atomic E-state index is -0.431. The lowest BCUT2D eigenvalue weighted by atomic mass is 10.1. The van der Waals surface area contributed by atoms with E-state index in [1.54, 1.807) is 18.2 Å². The molecule has 92 valence electrons. The molecule has 0 aromatic heterocycles. The van der Waals surface area contributed by atoms with Crippen LogP contribution >= 0.6 is 0 Å². The second-order valence-corrected chi connectivity index (χ2v) is 4.39. The highest BCUT2D eigenvalue weighted by atomic mass is 16.2. The van der Waals surface area contributed by atoms with E-state index in [0.717, 1.165) is 4.90 Å². The zero-order valence-electron chi connectivity index (χ0n) is 10.0. The molecule has 1 aliphatic rings. The average molecular weight is 243 g/mol. The molecule has 0 spiro atoms. The largest absolute Gasteiger partial charge is 0.337 e. The maximum Gasteiger partial charge on any atom is 0.328 e. The molecule has 2 rings (SSSR count). The van der Waals surface area contributed by atoms with Crippen molar-refractivity contribution in [2.24, 2.45) is 5.92 Å². The number of hydrogen-bond acceptors (Lipinski definition) is 3. The Morgan fingerprint density at radius 2 is 2.22 bits per heavy atom. The van der Waals surface area contributed by atoms with Gasteiger partial charge in [0.15, 0.2) is 0 Å². The fourth-order valence-electron chi connectivity index (χ4n) is 1.89. The van der Waals surface area contributed by atoms with Gasteiger partial charge in [-0.2, -0.15) is 5.26 Å². The number of imide groups is 1. The molecule has 1 fully saturated rings. The monoisotopic (exact) mass is 243 g/mol. The fraction of sp³-hybridized carbons (Fsp3) is 0.308. The zero-order chi connectivity index (χ0) is 13.1. The van der Waals surface area contributed by atoms with Crippen molar-refractivity contribution < 1.29 is 9.59 Å². The number of rotatable bonds is 1. The van der Waals surface area contributed by atoms with Crippen molar-refractivity contribution in [3.05, 3.63) is 29.8 Å². The van der Waals surface area contributed by atoms with E-state index in [0.29, 0.717) is 24.2 Å². The predicted octanol–water partition coefficient (Wildman–Crippen LogP) is 1.64. The summed E-state index contributed by atoms with van der Waals surface area (Å²) < 4.78 is 0. The van der Waals surface area contributed by atoms with Gasteiger partial charge in [0.2, 0.25) is 5.91 Å². The first-order chi connectivity index (χ1) is 8.61. The van der Waals surface area contributed by atoms with Crippen molar-refractivity contribution >= 4 is 17.6 Å². The van der Waals surface area contributed by atoms with Gasteiger partial charge in [0.05, 0.1) is 17.3 Å². The van der Waals surface area contributed by atoms with E-state index in [4.69, 9.17) is 5.26 Å². The number of amides is 3. The number of carbonyl (C=O) groups excluding carboxylic acids is 2. The third-order valence-corrected chi connectivity index (χ3v) is 2.81. The van der Waals surface area contributed by atoms with Crippen molar-refractivity contribution in [2.45, 2.75) is 13.3 Å². The Hall–Kier alpha value is -2.35. The third kappa shape index (κ3) is 2.33. The molecule has 5 heteroatoms. The van der Waals surface area contributed by atoms with Crippen LogP contribution in [0, 0.1) is 17.2 Å². The summed E-state index contributed by atoms with van der Waals surface area (Å²) in [6, 6.07) is 8.03. The molecule has 5 nitrogen and oxygen atoms in total. The summed E-state index contributed by atoms with van der Waals surface area (Å²) in [7, 11) is 0. The lowest BCUT2D eigenvalue weighted by Crippen LogP contribution is -2.41. The fourth-order valence-corrected chi connectivity index (χ4v) is 1.89. The SMILES string of the molecule is CC1CNC(=O)N(c2cccc(C#N)c2)C(=O)C1. The van der Waals surface area contributed by atoms with Gasteiger partial charge in [0.1, 0.15) is 0 Å². The topological polar surface area (TPSA) is 73.2 Å². The number of nitrogens with one attached hydrogen (secondary N) is 1. The van der Waals surface area contributed by atoms with Crippen molar-refractivity contribution in [2.75, 3.05) is 11.4 Å². The highest BCUT2D eigenvalue weighted by Crippen LogP contribution is 2.20. The van der Waals surface area contributed by atoms with E-state index in [1.807, 2.05) is 13.0 Å². The summed E-state index contributed by atoms with van der Waals surface area (Å²) in [6.07, 6.45) is 0.315. The van der Waals surface area contributed by atoms with Gasteiger partial charge in [0, 0.05) is 13.0 Å². The first-order valence-electron chi connectivity index (χ1n) is 5.72. The van der Waals surface area contributed by atoms with Crippen molar-refractivity contribution in [3.8, 4) is 6.07 Å². The van der Waals surface area contributed by atoms with Gasteiger partial charge in [-0.3, -0.25) is 4.79 Å². The van der Waals surface area contributed by atoms with Gasteiger partial charge in [-0.05, 0) is 24.1 Å². The van der Waals surface area contributed by atoms with Crippen LogP contribution in [0.3, 0.4) is 0 Å². The summed E-state index contributed by atoms with van der Waals surface area (Å²) in [5.74, 6) is -0.127. The number of anilines is 1. The number of carbonyl (C=O) groups is 2. The van der Waals surface area contributed by atoms with Crippen LogP contribution in [0.5, 0.6) is 0 Å². The van der Waals surface area contributed by atoms with Gasteiger partial charge >= 0.3 is 6.03 Å². The highest BCUT2D eigenvalue weighted by molar-refractivity contribution is 6.14. The number of nitrogens with zero attached hydrogens (tertiary/aromatic N) is 2. The summed E-state index contributed by atoms with van der Waals surface area (Å²) in [5, 5.41) is 11.5. The van der Waals surface area contributed by atoms with E-state index in [-0.39, 0.29) is 11.8 Å². The van der Waals surface area contributed by atoms with Crippen LogP contribution in [0.1, 0.15) is 18.9 Å². The second kappa shape index (κ2) is 4.88. The molecule has 0 aliphatic carbocycles. The minimum absolute atomic E-state index is 0.116. The molecular weight excluding hydrogens is 230 g/mol. The van der Waals surface area contributed by atoms with Crippen LogP contribution in [0.4, 0.5) is 10.5 Å². The first-order valence-corrected chi connectivity index (χ1v) is 5.72. The molecule has 1 aromatic rings.